The van der Waals surface area contributed by atoms with E-state index in [-0.39, 0.29) is 17.4 Å². The molecule has 1 atom stereocenters. The quantitative estimate of drug-likeness (QED) is 0.935. The van der Waals surface area contributed by atoms with E-state index in [1.54, 1.807) is 29.5 Å². The van der Waals surface area contributed by atoms with Crippen molar-refractivity contribution < 1.29 is 14.0 Å². The van der Waals surface area contributed by atoms with Crippen LogP contribution in [0.5, 0.6) is 0 Å². The van der Waals surface area contributed by atoms with Crippen molar-refractivity contribution in [2.24, 2.45) is 0 Å². The fourth-order valence-electron chi connectivity index (χ4n) is 2.77. The van der Waals surface area contributed by atoms with Gasteiger partial charge in [0.2, 0.25) is 11.8 Å². The van der Waals surface area contributed by atoms with E-state index in [9.17, 15) is 14.0 Å². The maximum absolute atomic E-state index is 14.1. The maximum Gasteiger partial charge on any atom is 0.247 e. The normalized spacial score (nSPS) is 17.9. The van der Waals surface area contributed by atoms with Crippen molar-refractivity contribution in [1.29, 1.82) is 0 Å². The van der Waals surface area contributed by atoms with Crippen molar-refractivity contribution in [1.82, 2.24) is 10.2 Å². The molecule has 23 heavy (non-hydrogen) atoms. The molecule has 2 aromatic rings. The number of aryl methyl sites for hydroxylation is 1. The SMILES string of the molecule is O=C1NCCN(C(=O)CCc2cccs2)C1c1ccccc1F. The molecule has 6 heteroatoms. The zero-order chi connectivity index (χ0) is 16.2. The van der Waals surface area contributed by atoms with Crippen molar-refractivity contribution in [2.75, 3.05) is 13.1 Å². The smallest absolute Gasteiger partial charge is 0.247 e. The van der Waals surface area contributed by atoms with Gasteiger partial charge in [-0.1, -0.05) is 24.3 Å². The number of piperazine rings is 1. The number of halogens is 1. The highest BCUT2D eigenvalue weighted by Crippen LogP contribution is 2.26. The van der Waals surface area contributed by atoms with E-state index >= 15 is 0 Å². The third-order valence-corrected chi connectivity index (χ3v) is 4.83. The van der Waals surface area contributed by atoms with Crippen molar-refractivity contribution in [3.05, 3.63) is 58.0 Å². The molecule has 1 aromatic heterocycles. The summed E-state index contributed by atoms with van der Waals surface area (Å²) in [5.74, 6) is -0.919. The highest BCUT2D eigenvalue weighted by atomic mass is 32.1. The highest BCUT2D eigenvalue weighted by molar-refractivity contribution is 7.09. The van der Waals surface area contributed by atoms with Crippen molar-refractivity contribution in [3.63, 3.8) is 0 Å². The molecule has 1 N–H and O–H groups in total. The summed E-state index contributed by atoms with van der Waals surface area (Å²) in [6.07, 6.45) is 0.956. The predicted molar refractivity (Wildman–Crippen MR) is 86.5 cm³/mol. The second-order valence-electron chi connectivity index (χ2n) is 5.38. The second kappa shape index (κ2) is 6.91. The molecule has 0 saturated carbocycles. The summed E-state index contributed by atoms with van der Waals surface area (Å²) in [6, 6.07) is 9.16. The van der Waals surface area contributed by atoms with Gasteiger partial charge in [0.1, 0.15) is 11.9 Å². The number of nitrogens with zero attached hydrogens (tertiary/aromatic N) is 1. The Balaban J connectivity index is 1.79. The topological polar surface area (TPSA) is 49.4 Å². The molecular formula is C17H17FN2O2S. The predicted octanol–water partition coefficient (Wildman–Crippen LogP) is 2.52. The summed E-state index contributed by atoms with van der Waals surface area (Å²) in [5.41, 5.74) is 0.245. The molecule has 3 rings (SSSR count). The first-order valence-electron chi connectivity index (χ1n) is 7.51. The van der Waals surface area contributed by atoms with Gasteiger partial charge >= 0.3 is 0 Å². The van der Waals surface area contributed by atoms with E-state index < -0.39 is 11.9 Å². The fourth-order valence-corrected chi connectivity index (χ4v) is 3.48. The van der Waals surface area contributed by atoms with Crippen LogP contribution >= 0.6 is 11.3 Å². The van der Waals surface area contributed by atoms with E-state index in [2.05, 4.69) is 5.32 Å². The van der Waals surface area contributed by atoms with Crippen LogP contribution in [0.4, 0.5) is 4.39 Å². The molecule has 4 nitrogen and oxygen atoms in total. The van der Waals surface area contributed by atoms with Crippen LogP contribution in [-0.4, -0.2) is 29.8 Å². The van der Waals surface area contributed by atoms with E-state index in [4.69, 9.17) is 0 Å². The lowest BCUT2D eigenvalue weighted by molar-refractivity contribution is -0.143. The average Bonchev–Trinajstić information content (AvgIpc) is 3.07. The average molecular weight is 332 g/mol. The number of rotatable bonds is 4. The minimum atomic E-state index is -0.888. The first-order chi connectivity index (χ1) is 11.2. The summed E-state index contributed by atoms with van der Waals surface area (Å²) in [4.78, 5) is 27.4. The summed E-state index contributed by atoms with van der Waals surface area (Å²) < 4.78 is 14.1. The number of hydrogen-bond acceptors (Lipinski definition) is 3. The zero-order valence-corrected chi connectivity index (χ0v) is 13.3. The molecule has 1 aliphatic rings. The van der Waals surface area contributed by atoms with Crippen molar-refractivity contribution >= 4 is 23.2 Å². The lowest BCUT2D eigenvalue weighted by Crippen LogP contribution is -2.52. The summed E-state index contributed by atoms with van der Waals surface area (Å²) >= 11 is 1.60. The Labute approximate surface area is 137 Å². The number of amides is 2. The van der Waals surface area contributed by atoms with Crippen LogP contribution in [0.25, 0.3) is 0 Å². The Morgan fingerprint density at radius 2 is 2.13 bits per heavy atom. The molecule has 120 valence electrons. The molecule has 1 saturated heterocycles. The minimum absolute atomic E-state index is 0.124. The number of carbonyl (C=O) groups is 2. The highest BCUT2D eigenvalue weighted by Gasteiger charge is 2.35. The van der Waals surface area contributed by atoms with Crippen molar-refractivity contribution in [3.8, 4) is 0 Å². The van der Waals surface area contributed by atoms with Gasteiger partial charge in [0.05, 0.1) is 0 Å². The molecule has 0 radical (unpaired) electrons. The molecule has 2 heterocycles. The first kappa shape index (κ1) is 15.7. The van der Waals surface area contributed by atoms with Gasteiger partial charge in [-0.3, -0.25) is 9.59 Å². The Bertz CT molecular complexity index is 702. The lowest BCUT2D eigenvalue weighted by atomic mass is 10.0. The molecular weight excluding hydrogens is 315 g/mol. The Morgan fingerprint density at radius 1 is 1.30 bits per heavy atom. The van der Waals surface area contributed by atoms with Gasteiger partial charge in [0.25, 0.3) is 0 Å². The van der Waals surface area contributed by atoms with Crippen LogP contribution < -0.4 is 5.32 Å². The van der Waals surface area contributed by atoms with Gasteiger partial charge in [-0.05, 0) is 23.9 Å². The number of hydrogen-bond donors (Lipinski definition) is 1. The molecule has 0 bridgehead atoms. The Hall–Kier alpha value is -2.21. The molecule has 1 aliphatic heterocycles. The van der Waals surface area contributed by atoms with E-state index in [0.29, 0.717) is 25.9 Å². The third-order valence-electron chi connectivity index (χ3n) is 3.90. The van der Waals surface area contributed by atoms with Crippen molar-refractivity contribution in [2.45, 2.75) is 18.9 Å². The first-order valence-corrected chi connectivity index (χ1v) is 8.39. The van der Waals surface area contributed by atoms with Gasteiger partial charge < -0.3 is 10.2 Å². The van der Waals surface area contributed by atoms with Crippen LogP contribution in [0.1, 0.15) is 22.9 Å². The number of thiophene rings is 1. The van der Waals surface area contributed by atoms with Gasteiger partial charge in [-0.25, -0.2) is 4.39 Å². The molecule has 0 aliphatic carbocycles. The maximum atomic E-state index is 14.1. The van der Waals surface area contributed by atoms with Crippen LogP contribution in [0.2, 0.25) is 0 Å². The monoisotopic (exact) mass is 332 g/mol. The van der Waals surface area contributed by atoms with Gasteiger partial charge in [0.15, 0.2) is 0 Å². The molecule has 0 spiro atoms. The molecule has 1 aromatic carbocycles. The fraction of sp³-hybridized carbons (Fsp3) is 0.294. The van der Waals surface area contributed by atoms with E-state index in [1.165, 1.54) is 11.0 Å². The van der Waals surface area contributed by atoms with Gasteiger partial charge in [-0.2, -0.15) is 0 Å². The summed E-state index contributed by atoms with van der Waals surface area (Å²) in [7, 11) is 0. The van der Waals surface area contributed by atoms with Gasteiger partial charge in [-0.15, -0.1) is 11.3 Å². The third kappa shape index (κ3) is 3.42. The standard InChI is InChI=1S/C17H17FN2O2S/c18-14-6-2-1-5-13(14)16-17(22)19-9-10-20(16)15(21)8-7-12-4-3-11-23-12/h1-6,11,16H,7-10H2,(H,19,22). The number of carbonyl (C=O) groups excluding carboxylic acids is 2. The Morgan fingerprint density at radius 3 is 2.87 bits per heavy atom. The lowest BCUT2D eigenvalue weighted by Gasteiger charge is -2.35. The summed E-state index contributed by atoms with van der Waals surface area (Å²) in [6.45, 7) is 0.794. The zero-order valence-electron chi connectivity index (χ0n) is 12.5. The Kier molecular flexibility index (Phi) is 4.71. The summed E-state index contributed by atoms with van der Waals surface area (Å²) in [5, 5.41) is 4.68. The second-order valence-corrected chi connectivity index (χ2v) is 6.41. The largest absolute Gasteiger partial charge is 0.352 e. The van der Waals surface area contributed by atoms with Crippen LogP contribution in [0, 0.1) is 5.82 Å². The number of nitrogens with one attached hydrogen (secondary N) is 1. The van der Waals surface area contributed by atoms with E-state index in [1.807, 2.05) is 17.5 Å². The molecule has 1 unspecified atom stereocenters. The van der Waals surface area contributed by atoms with Crippen LogP contribution in [0.3, 0.4) is 0 Å². The molecule has 1 fully saturated rings. The molecule has 2 amide bonds. The number of benzene rings is 1. The van der Waals surface area contributed by atoms with Crippen LogP contribution in [-0.2, 0) is 16.0 Å². The van der Waals surface area contributed by atoms with E-state index in [0.717, 1.165) is 4.88 Å². The van der Waals surface area contributed by atoms with Gasteiger partial charge in [0, 0.05) is 30.0 Å². The van der Waals surface area contributed by atoms with Crippen LogP contribution in [0.15, 0.2) is 41.8 Å². The minimum Gasteiger partial charge on any atom is -0.352 e.